The van der Waals surface area contributed by atoms with E-state index in [1.165, 1.54) is 37.0 Å². The number of hydrogen-bond acceptors (Lipinski definition) is 6. The van der Waals surface area contributed by atoms with Crippen molar-refractivity contribution in [1.82, 2.24) is 26.4 Å². The maximum Gasteiger partial charge on any atom is 2.00 e. The Morgan fingerprint density at radius 1 is 1.25 bits per heavy atom. The van der Waals surface area contributed by atoms with Crippen LogP contribution in [0.5, 0.6) is 0 Å². The van der Waals surface area contributed by atoms with Gasteiger partial charge in [0.1, 0.15) is 0 Å². The van der Waals surface area contributed by atoms with Crippen molar-refractivity contribution in [1.29, 1.82) is 0 Å². The van der Waals surface area contributed by atoms with Crippen LogP contribution in [0.1, 0.15) is 51.9 Å². The van der Waals surface area contributed by atoms with Crippen LogP contribution in [0.25, 0.3) is 0 Å². The number of nitrogens with zero attached hydrogens (tertiary/aromatic N) is 2. The van der Waals surface area contributed by atoms with Crippen LogP contribution in [-0.4, -0.2) is 65.3 Å². The number of hydrogen-bond donors (Lipinski definition) is 4. The van der Waals surface area contributed by atoms with Crippen LogP contribution in [0, 0.1) is 23.8 Å². The molecule has 6 atom stereocenters. The molecule has 0 aromatic rings. The molecule has 0 aromatic heterocycles. The Labute approximate surface area is 182 Å². The largest absolute Gasteiger partial charge is 2.00 e. The van der Waals surface area contributed by atoms with Gasteiger partial charge in [-0.2, -0.15) is 17.3 Å². The van der Waals surface area contributed by atoms with Crippen LogP contribution >= 0.6 is 0 Å². The SMILES string of the molecule is CC1CN2NC(C3CNC(C[CH-][C@@H]4CCNC5(CC5)C4)[CH-]N3)CCC2[N+]1=O.[Os+2]. The van der Waals surface area contributed by atoms with Crippen molar-refractivity contribution >= 4 is 0 Å². The van der Waals surface area contributed by atoms with E-state index in [0.29, 0.717) is 23.7 Å². The van der Waals surface area contributed by atoms with Crippen molar-refractivity contribution in [3.8, 4) is 0 Å². The number of fused-ring (bicyclic) bond motifs is 1. The second kappa shape index (κ2) is 8.65. The van der Waals surface area contributed by atoms with Gasteiger partial charge in [-0.15, -0.1) is 6.04 Å². The van der Waals surface area contributed by atoms with Crippen LogP contribution in [0.4, 0.5) is 0 Å². The Kier molecular flexibility index (Phi) is 6.57. The number of piperazine rings is 1. The average Bonchev–Trinajstić information content (AvgIpc) is 3.37. The van der Waals surface area contributed by atoms with E-state index >= 15 is 0 Å². The summed E-state index contributed by atoms with van der Waals surface area (Å²) in [4.78, 5) is 12.1. The third kappa shape index (κ3) is 4.38. The van der Waals surface area contributed by atoms with E-state index in [-0.39, 0.29) is 32.0 Å². The minimum Gasteiger partial charge on any atom is -0.464 e. The summed E-state index contributed by atoms with van der Waals surface area (Å²) in [6, 6.07) is 1.32. The molecular formula is C20H35N6OOs+. The van der Waals surface area contributed by atoms with Crippen molar-refractivity contribution in [2.45, 2.75) is 87.7 Å². The van der Waals surface area contributed by atoms with E-state index < -0.39 is 0 Å². The summed E-state index contributed by atoms with van der Waals surface area (Å²) in [6.45, 7) is 7.28. The number of nitroso groups, excluding NO2 is 1. The number of hydrazine groups is 1. The van der Waals surface area contributed by atoms with Crippen LogP contribution in [0.15, 0.2) is 0 Å². The normalized spacial score (nSPS) is 42.8. The van der Waals surface area contributed by atoms with Crippen LogP contribution in [0.2, 0.25) is 0 Å². The molecule has 0 aromatic carbocycles. The van der Waals surface area contributed by atoms with Gasteiger partial charge in [0.05, 0.1) is 6.54 Å². The van der Waals surface area contributed by atoms with Gasteiger partial charge in [-0.1, -0.05) is 12.8 Å². The second-order valence-corrected chi connectivity index (χ2v) is 9.54. The van der Waals surface area contributed by atoms with E-state index in [4.69, 9.17) is 0 Å². The van der Waals surface area contributed by atoms with Gasteiger partial charge in [0, 0.05) is 47.2 Å². The summed E-state index contributed by atoms with van der Waals surface area (Å²) >= 11 is 0. The third-order valence-corrected chi connectivity index (χ3v) is 7.46. The quantitative estimate of drug-likeness (QED) is 0.297. The van der Waals surface area contributed by atoms with Gasteiger partial charge in [-0.25, -0.2) is 5.43 Å². The summed E-state index contributed by atoms with van der Waals surface area (Å²) in [5, 5.41) is 13.3. The minimum absolute atomic E-state index is 0. The molecule has 4 saturated heterocycles. The van der Waals surface area contributed by atoms with Gasteiger partial charge in [-0.3, -0.25) is 6.54 Å². The van der Waals surface area contributed by atoms with Gasteiger partial charge >= 0.3 is 19.8 Å². The first-order valence-electron chi connectivity index (χ1n) is 11.0. The van der Waals surface area contributed by atoms with Crippen molar-refractivity contribution in [2.24, 2.45) is 5.92 Å². The fourth-order valence-corrected chi connectivity index (χ4v) is 5.55. The number of rotatable bonds is 4. The van der Waals surface area contributed by atoms with Crippen molar-refractivity contribution < 1.29 is 24.6 Å². The van der Waals surface area contributed by atoms with Gasteiger partial charge < -0.3 is 22.4 Å². The maximum absolute atomic E-state index is 12.1. The van der Waals surface area contributed by atoms with Gasteiger partial charge in [0.2, 0.25) is 6.04 Å². The molecular weight excluding hydrogens is 530 g/mol. The fourth-order valence-electron chi connectivity index (χ4n) is 5.55. The molecule has 4 N–H and O–H groups in total. The molecule has 0 amide bonds. The Balaban J connectivity index is 0.00000192. The van der Waals surface area contributed by atoms with Crippen LogP contribution in [-0.2, 0) is 19.8 Å². The molecule has 5 rings (SSSR count). The first-order valence-corrected chi connectivity index (χ1v) is 11.0. The zero-order valence-corrected chi connectivity index (χ0v) is 19.4. The average molecular weight is 566 g/mol. The van der Waals surface area contributed by atoms with E-state index in [0.717, 1.165) is 38.3 Å². The molecule has 0 bridgehead atoms. The number of nitrogens with one attached hydrogen (secondary N) is 4. The van der Waals surface area contributed by atoms with Gasteiger partial charge in [-0.05, 0) is 25.8 Å². The van der Waals surface area contributed by atoms with Gasteiger partial charge in [0.25, 0.3) is 6.17 Å². The first kappa shape index (κ1) is 21.3. The molecule has 4 heterocycles. The Bertz CT molecular complexity index is 565. The summed E-state index contributed by atoms with van der Waals surface area (Å²) in [7, 11) is 0. The molecule has 28 heavy (non-hydrogen) atoms. The van der Waals surface area contributed by atoms with Gasteiger partial charge in [0.15, 0.2) is 0 Å². The van der Waals surface area contributed by atoms with E-state index in [2.05, 4.69) is 39.4 Å². The molecule has 8 heteroatoms. The molecule has 0 radical (unpaired) electrons. The van der Waals surface area contributed by atoms with E-state index in [1.54, 1.807) is 0 Å². The summed E-state index contributed by atoms with van der Waals surface area (Å²) in [6.07, 6.45) is 11.1. The van der Waals surface area contributed by atoms with Crippen LogP contribution in [0.3, 0.4) is 0 Å². The van der Waals surface area contributed by atoms with Crippen molar-refractivity contribution in [2.75, 3.05) is 19.6 Å². The minimum atomic E-state index is 0. The standard InChI is InChI=1S/C20H35N6O.Os/c1-14-13-25-19(26(14)27)5-4-17(24-25)18-12-21-16(11-22-18)3-2-15-6-9-23-20(10-15)7-8-20;/h2,11,14-19,21-24H,3-10,12-13H2,1H3;/q-1;+2/t14?,15-,16?,17?,18?,19?;/m1./s1. The Morgan fingerprint density at radius 2 is 2.11 bits per heavy atom. The zero-order chi connectivity index (χ0) is 18.4. The fraction of sp³-hybridized carbons (Fsp3) is 0.900. The molecule has 4 aliphatic heterocycles. The molecule has 1 saturated carbocycles. The molecule has 5 aliphatic rings. The summed E-state index contributed by atoms with van der Waals surface area (Å²) in [5.74, 6) is 0.783. The molecule has 158 valence electrons. The molecule has 1 spiro atoms. The van der Waals surface area contributed by atoms with Crippen LogP contribution < -0.4 is 21.4 Å². The van der Waals surface area contributed by atoms with E-state index in [9.17, 15) is 4.91 Å². The summed E-state index contributed by atoms with van der Waals surface area (Å²) < 4.78 is 1.26. The predicted molar refractivity (Wildman–Crippen MR) is 104 cm³/mol. The first-order chi connectivity index (χ1) is 13.1. The van der Waals surface area contributed by atoms with Crippen molar-refractivity contribution in [3.05, 3.63) is 17.9 Å². The van der Waals surface area contributed by atoms with Crippen molar-refractivity contribution in [3.63, 3.8) is 0 Å². The molecule has 5 unspecified atom stereocenters. The Hall–Kier alpha value is 0.0364. The smallest absolute Gasteiger partial charge is 0.464 e. The Morgan fingerprint density at radius 3 is 2.86 bits per heavy atom. The third-order valence-electron chi connectivity index (χ3n) is 7.46. The zero-order valence-electron chi connectivity index (χ0n) is 16.8. The summed E-state index contributed by atoms with van der Waals surface area (Å²) in [5.41, 5.74) is 4.13. The van der Waals surface area contributed by atoms with E-state index in [1.807, 2.05) is 6.92 Å². The molecule has 5 fully saturated rings. The second-order valence-electron chi connectivity index (χ2n) is 9.54. The monoisotopic (exact) mass is 567 g/mol. The maximum atomic E-state index is 12.1. The predicted octanol–water partition coefficient (Wildman–Crippen LogP) is 0.678. The molecule has 7 nitrogen and oxygen atoms in total. The number of piperidine rings is 1. The topological polar surface area (TPSA) is 71.4 Å². The molecule has 1 aliphatic carbocycles.